The van der Waals surface area contributed by atoms with Crippen molar-refractivity contribution in [2.24, 2.45) is 11.7 Å². The van der Waals surface area contributed by atoms with Gasteiger partial charge in [-0.25, -0.2) is 0 Å². The van der Waals surface area contributed by atoms with E-state index < -0.39 is 0 Å². The number of allylic oxidation sites excluding steroid dienone is 2. The van der Waals surface area contributed by atoms with Gasteiger partial charge in [0.25, 0.3) is 0 Å². The van der Waals surface area contributed by atoms with Gasteiger partial charge in [-0.15, -0.1) is 0 Å². The van der Waals surface area contributed by atoms with Gasteiger partial charge in [-0.05, 0) is 31.4 Å². The van der Waals surface area contributed by atoms with Crippen LogP contribution in [0, 0.1) is 17.2 Å². The maximum Gasteiger partial charge on any atom is 0.132 e. The minimum Gasteiger partial charge on any atom is -0.457 e. The fourth-order valence-corrected chi connectivity index (χ4v) is 2.38. The highest BCUT2D eigenvalue weighted by Gasteiger charge is 2.24. The van der Waals surface area contributed by atoms with E-state index in [0.717, 1.165) is 36.5 Å². The SMILES string of the molecule is N#CC1C=Cc2oc3c(c2C1)CCC(N)=C3. The zero-order valence-corrected chi connectivity index (χ0v) is 8.86. The number of fused-ring (bicyclic) bond motifs is 3. The van der Waals surface area contributed by atoms with Gasteiger partial charge >= 0.3 is 0 Å². The van der Waals surface area contributed by atoms with Gasteiger partial charge in [-0.3, -0.25) is 0 Å². The van der Waals surface area contributed by atoms with Gasteiger partial charge in [0.2, 0.25) is 0 Å². The summed E-state index contributed by atoms with van der Waals surface area (Å²) in [6.45, 7) is 0. The van der Waals surface area contributed by atoms with Crippen molar-refractivity contribution in [1.29, 1.82) is 5.26 Å². The molecular weight excluding hydrogens is 200 g/mol. The highest BCUT2D eigenvalue weighted by atomic mass is 16.3. The fraction of sp³-hybridized carbons (Fsp3) is 0.308. The van der Waals surface area contributed by atoms with Gasteiger partial charge in [0.05, 0.1) is 12.0 Å². The molecule has 1 aromatic rings. The fourth-order valence-electron chi connectivity index (χ4n) is 2.38. The van der Waals surface area contributed by atoms with Gasteiger partial charge in [0.15, 0.2) is 0 Å². The lowest BCUT2D eigenvalue weighted by molar-refractivity contribution is 0.534. The molecule has 80 valence electrons. The lowest BCUT2D eigenvalue weighted by atomic mass is 9.89. The Hall–Kier alpha value is -1.95. The first-order valence-electron chi connectivity index (χ1n) is 5.46. The van der Waals surface area contributed by atoms with Crippen molar-refractivity contribution in [3.8, 4) is 6.07 Å². The Morgan fingerprint density at radius 3 is 3.00 bits per heavy atom. The van der Waals surface area contributed by atoms with Crippen LogP contribution in [0.25, 0.3) is 12.2 Å². The Labute approximate surface area is 93.9 Å². The van der Waals surface area contributed by atoms with Gasteiger partial charge in [-0.1, -0.05) is 6.08 Å². The summed E-state index contributed by atoms with van der Waals surface area (Å²) in [5.74, 6) is 1.77. The molecule has 0 aromatic carbocycles. The minimum absolute atomic E-state index is 0.0162. The number of hydrogen-bond acceptors (Lipinski definition) is 3. The third kappa shape index (κ3) is 1.27. The summed E-state index contributed by atoms with van der Waals surface area (Å²) in [6.07, 6.45) is 8.32. The van der Waals surface area contributed by atoms with Crippen LogP contribution in [0.5, 0.6) is 0 Å². The minimum atomic E-state index is -0.0162. The second-order valence-corrected chi connectivity index (χ2v) is 4.31. The molecule has 16 heavy (non-hydrogen) atoms. The molecule has 0 saturated heterocycles. The van der Waals surface area contributed by atoms with Crippen molar-refractivity contribution in [1.82, 2.24) is 0 Å². The van der Waals surface area contributed by atoms with Crippen LogP contribution >= 0.6 is 0 Å². The van der Waals surface area contributed by atoms with Crippen molar-refractivity contribution in [2.75, 3.05) is 0 Å². The molecule has 2 aliphatic carbocycles. The van der Waals surface area contributed by atoms with E-state index in [-0.39, 0.29) is 5.92 Å². The summed E-state index contributed by atoms with van der Waals surface area (Å²) in [4.78, 5) is 0. The number of rotatable bonds is 0. The second kappa shape index (κ2) is 3.28. The summed E-state index contributed by atoms with van der Waals surface area (Å²) in [5, 5.41) is 8.94. The molecule has 0 bridgehead atoms. The van der Waals surface area contributed by atoms with Gasteiger partial charge < -0.3 is 10.2 Å². The van der Waals surface area contributed by atoms with Crippen LogP contribution < -0.4 is 5.73 Å². The second-order valence-electron chi connectivity index (χ2n) is 4.31. The van der Waals surface area contributed by atoms with E-state index in [4.69, 9.17) is 15.4 Å². The molecule has 3 nitrogen and oxygen atoms in total. The molecule has 3 rings (SSSR count). The van der Waals surface area contributed by atoms with Crippen molar-refractivity contribution in [3.05, 3.63) is 34.4 Å². The Kier molecular flexibility index (Phi) is 1.90. The van der Waals surface area contributed by atoms with E-state index in [1.54, 1.807) is 0 Å². The van der Waals surface area contributed by atoms with Crippen LogP contribution in [0.2, 0.25) is 0 Å². The average molecular weight is 212 g/mol. The summed E-state index contributed by atoms with van der Waals surface area (Å²) in [6, 6.07) is 2.28. The maximum atomic E-state index is 8.94. The van der Waals surface area contributed by atoms with Crippen LogP contribution in [0.15, 0.2) is 16.2 Å². The molecule has 0 amide bonds. The van der Waals surface area contributed by atoms with E-state index >= 15 is 0 Å². The zero-order chi connectivity index (χ0) is 11.1. The largest absolute Gasteiger partial charge is 0.457 e. The molecule has 0 aliphatic heterocycles. The molecule has 2 N–H and O–H groups in total. The average Bonchev–Trinajstić information content (AvgIpc) is 2.65. The van der Waals surface area contributed by atoms with Gasteiger partial charge in [0, 0.05) is 16.8 Å². The Balaban J connectivity index is 2.10. The third-order valence-corrected chi connectivity index (χ3v) is 3.23. The third-order valence-electron chi connectivity index (χ3n) is 3.23. The van der Waals surface area contributed by atoms with Gasteiger partial charge in [-0.2, -0.15) is 5.26 Å². The number of nitriles is 1. The zero-order valence-electron chi connectivity index (χ0n) is 8.86. The first-order valence-corrected chi connectivity index (χ1v) is 5.46. The molecule has 0 fully saturated rings. The monoisotopic (exact) mass is 212 g/mol. The van der Waals surface area contributed by atoms with E-state index in [2.05, 4.69) is 6.07 Å². The Morgan fingerprint density at radius 2 is 2.19 bits per heavy atom. The quantitative estimate of drug-likeness (QED) is 0.717. The lowest BCUT2D eigenvalue weighted by Crippen LogP contribution is -2.08. The van der Waals surface area contributed by atoms with Crippen molar-refractivity contribution < 1.29 is 4.42 Å². The number of furan rings is 1. The van der Waals surface area contributed by atoms with E-state index in [9.17, 15) is 0 Å². The standard InChI is InChI=1S/C13H12N2O/c14-7-8-1-4-12-11(5-8)10-3-2-9(15)6-13(10)16-12/h1,4,6,8H,2-3,5,15H2. The molecule has 3 heteroatoms. The molecule has 2 aliphatic rings. The first kappa shape index (κ1) is 9.29. The molecule has 1 aromatic heterocycles. The van der Waals surface area contributed by atoms with E-state index in [0.29, 0.717) is 0 Å². The number of nitrogens with two attached hydrogens (primary N) is 1. The first-order chi connectivity index (χ1) is 7.78. The molecule has 1 heterocycles. The predicted octanol–water partition coefficient (Wildman–Crippen LogP) is 2.23. The van der Waals surface area contributed by atoms with E-state index in [1.807, 2.05) is 18.2 Å². The topological polar surface area (TPSA) is 63.0 Å². The smallest absolute Gasteiger partial charge is 0.132 e. The van der Waals surface area contributed by atoms with Crippen LogP contribution in [-0.2, 0) is 12.8 Å². The van der Waals surface area contributed by atoms with Gasteiger partial charge in [0.1, 0.15) is 11.5 Å². The number of hydrogen-bond donors (Lipinski definition) is 1. The lowest BCUT2D eigenvalue weighted by Gasteiger charge is -2.12. The van der Waals surface area contributed by atoms with Crippen LogP contribution in [0.3, 0.4) is 0 Å². The molecule has 1 atom stereocenters. The summed E-state index contributed by atoms with van der Waals surface area (Å²) in [7, 11) is 0. The van der Waals surface area contributed by atoms with Crippen molar-refractivity contribution >= 4 is 12.2 Å². The van der Waals surface area contributed by atoms with Crippen LogP contribution in [0.4, 0.5) is 0 Å². The highest BCUT2D eigenvalue weighted by molar-refractivity contribution is 5.63. The predicted molar refractivity (Wildman–Crippen MR) is 61.0 cm³/mol. The summed E-state index contributed by atoms with van der Waals surface area (Å²) < 4.78 is 5.74. The van der Waals surface area contributed by atoms with Crippen LogP contribution in [-0.4, -0.2) is 0 Å². The van der Waals surface area contributed by atoms with Crippen molar-refractivity contribution in [3.63, 3.8) is 0 Å². The normalized spacial score (nSPS) is 21.9. The maximum absolute atomic E-state index is 8.94. The van der Waals surface area contributed by atoms with E-state index in [1.165, 1.54) is 11.1 Å². The number of nitrogens with zero attached hydrogens (tertiary/aromatic N) is 1. The molecule has 0 radical (unpaired) electrons. The summed E-state index contributed by atoms with van der Waals surface area (Å²) in [5.41, 5.74) is 9.11. The molecular formula is C13H12N2O. The highest BCUT2D eigenvalue weighted by Crippen LogP contribution is 2.34. The Morgan fingerprint density at radius 1 is 1.31 bits per heavy atom. The van der Waals surface area contributed by atoms with Crippen LogP contribution in [0.1, 0.15) is 29.1 Å². The summed E-state index contributed by atoms with van der Waals surface area (Å²) >= 11 is 0. The molecule has 0 saturated carbocycles. The Bertz CT molecular complexity index is 543. The van der Waals surface area contributed by atoms with Crippen molar-refractivity contribution in [2.45, 2.75) is 19.3 Å². The molecule has 0 spiro atoms. The molecule has 1 unspecified atom stereocenters.